The van der Waals surface area contributed by atoms with Crippen molar-refractivity contribution in [2.75, 3.05) is 7.11 Å². The van der Waals surface area contributed by atoms with E-state index in [4.69, 9.17) is 4.74 Å². The number of hydrogen-bond donors (Lipinski definition) is 1. The smallest absolute Gasteiger partial charge is 0.328 e. The molecule has 0 spiro atoms. The highest BCUT2D eigenvalue weighted by Gasteiger charge is 2.25. The van der Waals surface area contributed by atoms with E-state index in [0.29, 0.717) is 12.0 Å². The van der Waals surface area contributed by atoms with Gasteiger partial charge in [0.25, 0.3) is 5.91 Å². The van der Waals surface area contributed by atoms with Crippen LogP contribution >= 0.6 is 15.9 Å². The predicted octanol–water partition coefficient (Wildman–Crippen LogP) is 4.66. The van der Waals surface area contributed by atoms with E-state index in [1.165, 1.54) is 7.11 Å². The van der Waals surface area contributed by atoms with Crippen LogP contribution in [0.15, 0.2) is 77.3 Å². The molecule has 0 fully saturated rings. The Kier molecular flexibility index (Phi) is 5.77. The normalized spacial score (nSPS) is 11.9. The van der Waals surface area contributed by atoms with Gasteiger partial charge in [-0.25, -0.2) is 9.78 Å². The number of ether oxygens (including phenoxy) is 1. The SMILES string of the molecule is COC(=O)[C@H](Cc1ccccc1Br)NC(=O)c1c2ccccc2nc2ccccc12. The molecule has 5 nitrogen and oxygen atoms in total. The molecule has 6 heteroatoms. The Morgan fingerprint density at radius 2 is 1.50 bits per heavy atom. The van der Waals surface area contributed by atoms with E-state index in [-0.39, 0.29) is 5.91 Å². The first-order valence-electron chi connectivity index (χ1n) is 9.48. The summed E-state index contributed by atoms with van der Waals surface area (Å²) in [7, 11) is 1.32. The molecule has 4 rings (SSSR count). The highest BCUT2D eigenvalue weighted by Crippen LogP contribution is 2.26. The van der Waals surface area contributed by atoms with Crippen LogP contribution in [0.1, 0.15) is 15.9 Å². The van der Waals surface area contributed by atoms with Gasteiger partial charge >= 0.3 is 5.97 Å². The molecule has 0 radical (unpaired) electrons. The zero-order valence-corrected chi connectivity index (χ0v) is 17.8. The quantitative estimate of drug-likeness (QED) is 0.345. The lowest BCUT2D eigenvalue weighted by Crippen LogP contribution is -2.43. The van der Waals surface area contributed by atoms with Crippen molar-refractivity contribution < 1.29 is 14.3 Å². The fourth-order valence-corrected chi connectivity index (χ4v) is 3.98. The number of pyridine rings is 1. The van der Waals surface area contributed by atoms with Crippen molar-refractivity contribution in [3.8, 4) is 0 Å². The van der Waals surface area contributed by atoms with Gasteiger partial charge in [0, 0.05) is 21.7 Å². The van der Waals surface area contributed by atoms with Crippen molar-refractivity contribution in [3.63, 3.8) is 0 Å². The van der Waals surface area contributed by atoms with Gasteiger partial charge in [0.05, 0.1) is 23.7 Å². The first-order chi connectivity index (χ1) is 14.6. The number of fused-ring (bicyclic) bond motifs is 2. The van der Waals surface area contributed by atoms with E-state index < -0.39 is 12.0 Å². The Morgan fingerprint density at radius 1 is 0.933 bits per heavy atom. The number of methoxy groups -OCH3 is 1. The number of halogens is 1. The molecule has 1 heterocycles. The maximum Gasteiger partial charge on any atom is 0.328 e. The number of carbonyl (C=O) groups is 2. The molecule has 1 amide bonds. The summed E-state index contributed by atoms with van der Waals surface area (Å²) in [5.74, 6) is -0.839. The van der Waals surface area contributed by atoms with Crippen LogP contribution in [-0.2, 0) is 16.0 Å². The van der Waals surface area contributed by atoms with E-state index in [1.807, 2.05) is 72.8 Å². The Morgan fingerprint density at radius 3 is 2.10 bits per heavy atom. The molecule has 0 aliphatic carbocycles. The minimum Gasteiger partial charge on any atom is -0.467 e. The second-order valence-corrected chi connectivity index (χ2v) is 7.72. The van der Waals surface area contributed by atoms with Crippen LogP contribution in [0, 0.1) is 0 Å². The lowest BCUT2D eigenvalue weighted by atomic mass is 10.0. The first kappa shape index (κ1) is 20.0. The summed E-state index contributed by atoms with van der Waals surface area (Å²) < 4.78 is 5.82. The molecule has 0 aliphatic rings. The molecule has 3 aromatic carbocycles. The fraction of sp³-hybridized carbons (Fsp3) is 0.125. The van der Waals surface area contributed by atoms with Gasteiger partial charge in [-0.05, 0) is 23.8 Å². The van der Waals surface area contributed by atoms with Gasteiger partial charge in [-0.3, -0.25) is 4.79 Å². The molecular formula is C24H19BrN2O3. The van der Waals surface area contributed by atoms with Gasteiger partial charge in [-0.15, -0.1) is 0 Å². The van der Waals surface area contributed by atoms with E-state index in [1.54, 1.807) is 0 Å². The molecule has 0 saturated heterocycles. The maximum absolute atomic E-state index is 13.4. The third-order valence-corrected chi connectivity index (χ3v) is 5.76. The minimum absolute atomic E-state index is 0.306. The second kappa shape index (κ2) is 8.63. The summed E-state index contributed by atoms with van der Waals surface area (Å²) in [6.07, 6.45) is 0.306. The largest absolute Gasteiger partial charge is 0.467 e. The van der Waals surface area contributed by atoms with Crippen molar-refractivity contribution in [1.82, 2.24) is 10.3 Å². The summed E-state index contributed by atoms with van der Waals surface area (Å²) >= 11 is 3.50. The molecule has 1 atom stereocenters. The zero-order valence-electron chi connectivity index (χ0n) is 16.3. The number of hydrogen-bond acceptors (Lipinski definition) is 4. The molecule has 0 unspecified atom stereocenters. The number of benzene rings is 3. The predicted molar refractivity (Wildman–Crippen MR) is 120 cm³/mol. The van der Waals surface area contributed by atoms with Crippen LogP contribution in [-0.4, -0.2) is 30.0 Å². The Bertz CT molecular complexity index is 1200. The number of nitrogens with one attached hydrogen (secondary N) is 1. The summed E-state index contributed by atoms with van der Waals surface area (Å²) in [6, 6.07) is 21.7. The third kappa shape index (κ3) is 3.91. The lowest BCUT2D eigenvalue weighted by molar-refractivity contribution is -0.142. The molecule has 150 valence electrons. The van der Waals surface area contributed by atoms with Crippen LogP contribution in [0.2, 0.25) is 0 Å². The number of nitrogens with zero attached hydrogens (tertiary/aromatic N) is 1. The minimum atomic E-state index is -0.827. The van der Waals surface area contributed by atoms with Crippen LogP contribution in [0.5, 0.6) is 0 Å². The summed E-state index contributed by atoms with van der Waals surface area (Å²) in [5.41, 5.74) is 2.85. The van der Waals surface area contributed by atoms with Crippen molar-refractivity contribution in [3.05, 3.63) is 88.4 Å². The lowest BCUT2D eigenvalue weighted by Gasteiger charge is -2.19. The fourth-order valence-electron chi connectivity index (χ4n) is 3.53. The summed E-state index contributed by atoms with van der Waals surface area (Å²) in [4.78, 5) is 30.5. The van der Waals surface area contributed by atoms with Crippen molar-refractivity contribution in [2.24, 2.45) is 0 Å². The topological polar surface area (TPSA) is 68.3 Å². The van der Waals surface area contributed by atoms with E-state index >= 15 is 0 Å². The molecule has 4 aromatic rings. The molecule has 1 aromatic heterocycles. The molecule has 30 heavy (non-hydrogen) atoms. The first-order valence-corrected chi connectivity index (χ1v) is 10.3. The van der Waals surface area contributed by atoms with Gasteiger partial charge in [0.1, 0.15) is 6.04 Å². The average Bonchev–Trinajstić information content (AvgIpc) is 2.77. The van der Waals surface area contributed by atoms with Crippen molar-refractivity contribution >= 4 is 49.6 Å². The van der Waals surface area contributed by atoms with Gasteiger partial charge < -0.3 is 10.1 Å². The maximum atomic E-state index is 13.4. The number of rotatable bonds is 5. The standard InChI is InChI=1S/C24H19BrN2O3/c1-30-24(29)21(14-15-8-2-5-11-18(15)25)27-23(28)22-16-9-3-6-12-19(16)26-20-13-7-4-10-17(20)22/h2-13,21H,14H2,1H3,(H,27,28)/t21-/m0/s1. The number of aromatic nitrogens is 1. The van der Waals surface area contributed by atoms with Crippen LogP contribution < -0.4 is 5.32 Å². The molecule has 0 saturated carbocycles. The highest BCUT2D eigenvalue weighted by molar-refractivity contribution is 9.10. The van der Waals surface area contributed by atoms with Gasteiger partial charge in [0.2, 0.25) is 0 Å². The molecule has 0 aliphatic heterocycles. The highest BCUT2D eigenvalue weighted by atomic mass is 79.9. The average molecular weight is 463 g/mol. The number of carbonyl (C=O) groups excluding carboxylic acids is 2. The third-order valence-electron chi connectivity index (χ3n) is 4.99. The van der Waals surface area contributed by atoms with Gasteiger partial charge in [0.15, 0.2) is 0 Å². The Labute approximate surface area is 182 Å². The number of para-hydroxylation sites is 2. The summed E-state index contributed by atoms with van der Waals surface area (Å²) in [5, 5.41) is 4.35. The monoisotopic (exact) mass is 462 g/mol. The van der Waals surface area contributed by atoms with Gasteiger partial charge in [-0.2, -0.15) is 0 Å². The number of amides is 1. The molecular weight excluding hydrogens is 444 g/mol. The molecule has 1 N–H and O–H groups in total. The van der Waals surface area contributed by atoms with Gasteiger partial charge in [-0.1, -0.05) is 70.5 Å². The second-order valence-electron chi connectivity index (χ2n) is 6.87. The van der Waals surface area contributed by atoms with Crippen molar-refractivity contribution in [2.45, 2.75) is 12.5 Å². The van der Waals surface area contributed by atoms with Crippen molar-refractivity contribution in [1.29, 1.82) is 0 Å². The zero-order chi connectivity index (χ0) is 21.1. The van der Waals surface area contributed by atoms with Crippen LogP contribution in [0.4, 0.5) is 0 Å². The van der Waals surface area contributed by atoms with Crippen LogP contribution in [0.3, 0.4) is 0 Å². The molecule has 0 bridgehead atoms. The number of esters is 1. The van der Waals surface area contributed by atoms with E-state index in [0.717, 1.165) is 31.8 Å². The summed E-state index contributed by atoms with van der Waals surface area (Å²) in [6.45, 7) is 0. The Hall–Kier alpha value is -3.25. The van der Waals surface area contributed by atoms with E-state index in [9.17, 15) is 9.59 Å². The Balaban J connectivity index is 1.76. The van der Waals surface area contributed by atoms with E-state index in [2.05, 4.69) is 26.2 Å². The van der Waals surface area contributed by atoms with Crippen LogP contribution in [0.25, 0.3) is 21.8 Å².